The molecular formula is C20H25N3O2. The van der Waals surface area contributed by atoms with Gasteiger partial charge in [-0.2, -0.15) is 0 Å². The minimum Gasteiger partial charge on any atom is -0.497 e. The Balaban J connectivity index is 1.59. The highest BCUT2D eigenvalue weighted by molar-refractivity contribution is 5.79. The molecule has 1 amide bonds. The molecule has 0 aliphatic carbocycles. The lowest BCUT2D eigenvalue weighted by atomic mass is 10.0. The molecule has 1 unspecified atom stereocenters. The number of aromatic nitrogens is 1. The Morgan fingerprint density at radius 3 is 3.08 bits per heavy atom. The van der Waals surface area contributed by atoms with Crippen molar-refractivity contribution in [3.8, 4) is 5.75 Å². The van der Waals surface area contributed by atoms with Gasteiger partial charge in [0.05, 0.1) is 13.5 Å². The van der Waals surface area contributed by atoms with Crippen LogP contribution in [0.4, 0.5) is 5.69 Å². The maximum Gasteiger partial charge on any atom is 0.224 e. The molecule has 5 heteroatoms. The van der Waals surface area contributed by atoms with E-state index in [1.165, 1.54) is 0 Å². The maximum atomic E-state index is 12.4. The fourth-order valence-corrected chi connectivity index (χ4v) is 3.29. The fourth-order valence-electron chi connectivity index (χ4n) is 3.29. The summed E-state index contributed by atoms with van der Waals surface area (Å²) >= 11 is 0. The first kappa shape index (κ1) is 17.3. The number of aryl methyl sites for hydroxylation is 1. The highest BCUT2D eigenvalue weighted by Crippen LogP contribution is 2.24. The molecule has 25 heavy (non-hydrogen) atoms. The van der Waals surface area contributed by atoms with E-state index in [1.54, 1.807) is 19.5 Å². The van der Waals surface area contributed by atoms with Crippen molar-refractivity contribution in [2.24, 2.45) is 0 Å². The molecule has 1 fully saturated rings. The highest BCUT2D eigenvalue weighted by atomic mass is 16.5. The Hall–Kier alpha value is -2.56. The van der Waals surface area contributed by atoms with E-state index in [9.17, 15) is 4.79 Å². The number of nitrogens with zero attached hydrogens (tertiary/aromatic N) is 2. The van der Waals surface area contributed by atoms with Crippen LogP contribution in [0, 0.1) is 6.92 Å². The SMILES string of the molecule is COc1cccc(N2CCCC(NC(=O)Cc3ccncc3C)C2)c1. The van der Waals surface area contributed by atoms with Gasteiger partial charge in [-0.05, 0) is 49.1 Å². The third-order valence-electron chi connectivity index (χ3n) is 4.69. The number of amides is 1. The summed E-state index contributed by atoms with van der Waals surface area (Å²) in [5.74, 6) is 0.934. The van der Waals surface area contributed by atoms with Crippen molar-refractivity contribution >= 4 is 11.6 Å². The molecule has 1 aromatic heterocycles. The minimum atomic E-state index is 0.0757. The Morgan fingerprint density at radius 2 is 2.28 bits per heavy atom. The van der Waals surface area contributed by atoms with Crippen LogP contribution in [0.3, 0.4) is 0 Å². The second-order valence-corrected chi connectivity index (χ2v) is 6.53. The third kappa shape index (κ3) is 4.50. The average Bonchev–Trinajstić information content (AvgIpc) is 2.64. The molecule has 0 bridgehead atoms. The second kappa shape index (κ2) is 8.01. The molecule has 0 radical (unpaired) electrons. The van der Waals surface area contributed by atoms with Gasteiger partial charge in [-0.3, -0.25) is 9.78 Å². The van der Waals surface area contributed by atoms with E-state index in [2.05, 4.69) is 21.3 Å². The van der Waals surface area contributed by atoms with Gasteiger partial charge in [0.25, 0.3) is 0 Å². The van der Waals surface area contributed by atoms with Gasteiger partial charge in [-0.15, -0.1) is 0 Å². The van der Waals surface area contributed by atoms with Gasteiger partial charge in [0.1, 0.15) is 5.75 Å². The van der Waals surface area contributed by atoms with Gasteiger partial charge in [-0.1, -0.05) is 6.07 Å². The zero-order valence-electron chi connectivity index (χ0n) is 14.9. The molecule has 2 aromatic rings. The van der Waals surface area contributed by atoms with Crippen LogP contribution in [-0.4, -0.2) is 37.1 Å². The molecule has 2 heterocycles. The summed E-state index contributed by atoms with van der Waals surface area (Å²) in [6.07, 6.45) is 6.02. The molecular weight excluding hydrogens is 314 g/mol. The van der Waals surface area contributed by atoms with Crippen molar-refractivity contribution in [3.05, 3.63) is 53.9 Å². The Labute approximate surface area is 149 Å². The van der Waals surface area contributed by atoms with Crippen LogP contribution in [0.5, 0.6) is 5.75 Å². The van der Waals surface area contributed by atoms with E-state index in [0.717, 1.165) is 48.5 Å². The first-order valence-corrected chi connectivity index (χ1v) is 8.73. The summed E-state index contributed by atoms with van der Waals surface area (Å²) in [6, 6.07) is 10.2. The van der Waals surface area contributed by atoms with Crippen molar-refractivity contribution in [2.75, 3.05) is 25.1 Å². The van der Waals surface area contributed by atoms with Crippen molar-refractivity contribution < 1.29 is 9.53 Å². The molecule has 1 N–H and O–H groups in total. The van der Waals surface area contributed by atoms with Crippen molar-refractivity contribution in [1.82, 2.24) is 10.3 Å². The van der Waals surface area contributed by atoms with E-state index < -0.39 is 0 Å². The minimum absolute atomic E-state index is 0.0757. The number of hydrogen-bond acceptors (Lipinski definition) is 4. The summed E-state index contributed by atoms with van der Waals surface area (Å²) in [7, 11) is 1.68. The summed E-state index contributed by atoms with van der Waals surface area (Å²) in [5, 5.41) is 3.19. The number of methoxy groups -OCH3 is 1. The van der Waals surface area contributed by atoms with Crippen LogP contribution in [0.15, 0.2) is 42.7 Å². The molecule has 5 nitrogen and oxygen atoms in total. The predicted octanol–water partition coefficient (Wildman–Crippen LogP) is 2.73. The quantitative estimate of drug-likeness (QED) is 0.910. The number of nitrogens with one attached hydrogen (secondary N) is 1. The van der Waals surface area contributed by atoms with Crippen LogP contribution in [0.1, 0.15) is 24.0 Å². The van der Waals surface area contributed by atoms with E-state index in [-0.39, 0.29) is 11.9 Å². The number of ether oxygens (including phenoxy) is 1. The van der Waals surface area contributed by atoms with E-state index in [4.69, 9.17) is 4.74 Å². The molecule has 1 aliphatic heterocycles. The van der Waals surface area contributed by atoms with Crippen molar-refractivity contribution in [1.29, 1.82) is 0 Å². The highest BCUT2D eigenvalue weighted by Gasteiger charge is 2.22. The summed E-state index contributed by atoms with van der Waals surface area (Å²) in [4.78, 5) is 18.8. The van der Waals surface area contributed by atoms with Crippen LogP contribution in [0.25, 0.3) is 0 Å². The molecule has 1 saturated heterocycles. The van der Waals surface area contributed by atoms with Crippen LogP contribution in [0.2, 0.25) is 0 Å². The number of carbonyl (C=O) groups is 1. The maximum absolute atomic E-state index is 12.4. The van der Waals surface area contributed by atoms with Gasteiger partial charge in [0.15, 0.2) is 0 Å². The lowest BCUT2D eigenvalue weighted by Crippen LogP contribution is -2.48. The zero-order chi connectivity index (χ0) is 17.6. The largest absolute Gasteiger partial charge is 0.497 e. The normalized spacial score (nSPS) is 17.2. The van der Waals surface area contributed by atoms with Crippen LogP contribution < -0.4 is 15.0 Å². The van der Waals surface area contributed by atoms with Crippen LogP contribution >= 0.6 is 0 Å². The number of rotatable bonds is 5. The van der Waals surface area contributed by atoms with E-state index >= 15 is 0 Å². The first-order valence-electron chi connectivity index (χ1n) is 8.73. The standard InChI is InChI=1S/C20H25N3O2/c1-15-13-21-9-8-16(15)11-20(24)22-17-5-4-10-23(14-17)18-6-3-7-19(12-18)25-2/h3,6-9,12-13,17H,4-5,10-11,14H2,1-2H3,(H,22,24). The van der Waals surface area contributed by atoms with Crippen LogP contribution in [-0.2, 0) is 11.2 Å². The number of pyridine rings is 1. The lowest BCUT2D eigenvalue weighted by molar-refractivity contribution is -0.121. The zero-order valence-corrected chi connectivity index (χ0v) is 14.9. The topological polar surface area (TPSA) is 54.5 Å². The monoisotopic (exact) mass is 339 g/mol. The van der Waals surface area contributed by atoms with Gasteiger partial charge < -0.3 is 15.0 Å². The molecule has 132 valence electrons. The van der Waals surface area contributed by atoms with Gasteiger partial charge >= 0.3 is 0 Å². The average molecular weight is 339 g/mol. The summed E-state index contributed by atoms with van der Waals surface area (Å²) < 4.78 is 5.31. The molecule has 3 rings (SSSR count). The molecule has 1 aliphatic rings. The molecule has 1 atom stereocenters. The first-order chi connectivity index (χ1) is 12.2. The van der Waals surface area contributed by atoms with Gasteiger partial charge in [-0.25, -0.2) is 0 Å². The Bertz CT molecular complexity index is 732. The molecule has 0 saturated carbocycles. The van der Waals surface area contributed by atoms with E-state index in [1.807, 2.05) is 31.2 Å². The fraction of sp³-hybridized carbons (Fsp3) is 0.400. The third-order valence-corrected chi connectivity index (χ3v) is 4.69. The van der Waals surface area contributed by atoms with Crippen molar-refractivity contribution in [3.63, 3.8) is 0 Å². The molecule has 1 aromatic carbocycles. The van der Waals surface area contributed by atoms with E-state index in [0.29, 0.717) is 6.42 Å². The smallest absolute Gasteiger partial charge is 0.224 e. The number of hydrogen-bond donors (Lipinski definition) is 1. The molecule has 0 spiro atoms. The number of anilines is 1. The number of piperidine rings is 1. The van der Waals surface area contributed by atoms with Crippen molar-refractivity contribution in [2.45, 2.75) is 32.2 Å². The second-order valence-electron chi connectivity index (χ2n) is 6.53. The summed E-state index contributed by atoms with van der Waals surface area (Å²) in [6.45, 7) is 3.82. The summed E-state index contributed by atoms with van der Waals surface area (Å²) in [5.41, 5.74) is 3.23. The van der Waals surface area contributed by atoms with Gasteiger partial charge in [0.2, 0.25) is 5.91 Å². The lowest BCUT2D eigenvalue weighted by Gasteiger charge is -2.35. The number of benzene rings is 1. The Kier molecular flexibility index (Phi) is 5.53. The Morgan fingerprint density at radius 1 is 1.40 bits per heavy atom. The predicted molar refractivity (Wildman–Crippen MR) is 99.0 cm³/mol. The number of carbonyl (C=O) groups excluding carboxylic acids is 1. The van der Waals surface area contributed by atoms with Gasteiger partial charge in [0, 0.05) is 43.3 Å².